The summed E-state index contributed by atoms with van der Waals surface area (Å²) >= 11 is 0. The molecule has 0 saturated carbocycles. The molecule has 0 amide bonds. The second-order valence-corrected chi connectivity index (χ2v) is 4.39. The Kier molecular flexibility index (Phi) is 6.06. The average Bonchev–Trinajstić information content (AvgIpc) is 2.36. The Morgan fingerprint density at radius 2 is 1.76 bits per heavy atom. The predicted molar refractivity (Wildman–Crippen MR) is 73.7 cm³/mol. The van der Waals surface area contributed by atoms with Crippen LogP contribution in [0, 0.1) is 0 Å². The van der Waals surface area contributed by atoms with Gasteiger partial charge in [-0.05, 0) is 44.0 Å². The van der Waals surface area contributed by atoms with E-state index >= 15 is 0 Å². The summed E-state index contributed by atoms with van der Waals surface area (Å²) < 4.78 is 5.96. The number of likely N-dealkylation sites (N-methyl/N-ethyl adjacent to an activating group) is 1. The molecule has 96 valence electrons. The average molecular weight is 235 g/mol. The molecule has 0 saturated heterocycles. The molecule has 0 fully saturated rings. The molecule has 0 heterocycles. The molecule has 0 aliphatic heterocycles. The van der Waals surface area contributed by atoms with E-state index in [0.717, 1.165) is 25.1 Å². The Hall–Kier alpha value is -1.02. The van der Waals surface area contributed by atoms with Gasteiger partial charge in [0, 0.05) is 6.04 Å². The molecule has 0 spiro atoms. The maximum absolute atomic E-state index is 5.96. The van der Waals surface area contributed by atoms with Crippen molar-refractivity contribution in [3.8, 4) is 5.75 Å². The van der Waals surface area contributed by atoms with Gasteiger partial charge >= 0.3 is 0 Å². The molecule has 0 bridgehead atoms. The number of hydrogen-bond donors (Lipinski definition) is 1. The summed E-state index contributed by atoms with van der Waals surface area (Å²) in [6.07, 6.45) is 2.36. The first kappa shape index (κ1) is 14.0. The minimum atomic E-state index is 0.201. The van der Waals surface area contributed by atoms with Crippen molar-refractivity contribution in [1.82, 2.24) is 5.32 Å². The molecular weight excluding hydrogens is 210 g/mol. The molecule has 0 radical (unpaired) electrons. The smallest absolute Gasteiger partial charge is 0.119 e. The van der Waals surface area contributed by atoms with Crippen LogP contribution < -0.4 is 10.1 Å². The van der Waals surface area contributed by atoms with Gasteiger partial charge in [-0.3, -0.25) is 0 Å². The lowest BCUT2D eigenvalue weighted by Crippen LogP contribution is -2.40. The summed E-state index contributed by atoms with van der Waals surface area (Å²) in [7, 11) is 0. The molecule has 0 aliphatic rings. The van der Waals surface area contributed by atoms with Gasteiger partial charge < -0.3 is 10.1 Å². The lowest BCUT2D eigenvalue weighted by molar-refractivity contribution is 0.168. The van der Waals surface area contributed by atoms with Crippen LogP contribution in [0.1, 0.15) is 39.7 Å². The van der Waals surface area contributed by atoms with Gasteiger partial charge in [0.15, 0.2) is 0 Å². The molecular formula is C15H25NO. The highest BCUT2D eigenvalue weighted by molar-refractivity contribution is 5.27. The predicted octanol–water partition coefficient (Wildman–Crippen LogP) is 3.40. The second-order valence-electron chi connectivity index (χ2n) is 4.39. The highest BCUT2D eigenvalue weighted by Gasteiger charge is 2.15. The van der Waals surface area contributed by atoms with Crippen LogP contribution in [0.2, 0.25) is 0 Å². The highest BCUT2D eigenvalue weighted by atomic mass is 16.5. The van der Waals surface area contributed by atoms with Crippen LogP contribution in [0.25, 0.3) is 0 Å². The molecule has 1 aromatic carbocycles. The molecule has 1 rings (SSSR count). The van der Waals surface area contributed by atoms with E-state index in [4.69, 9.17) is 4.74 Å². The molecule has 0 aliphatic carbocycles. The summed E-state index contributed by atoms with van der Waals surface area (Å²) in [6, 6.07) is 8.82. The van der Waals surface area contributed by atoms with Crippen LogP contribution in [-0.2, 0) is 6.42 Å². The van der Waals surface area contributed by atoms with E-state index in [1.54, 1.807) is 0 Å². The SMILES string of the molecule is CCNC(CC)C(C)Oc1ccc(CC)cc1. The molecule has 1 aromatic rings. The van der Waals surface area contributed by atoms with Crippen LogP contribution in [0.15, 0.2) is 24.3 Å². The fraction of sp³-hybridized carbons (Fsp3) is 0.600. The van der Waals surface area contributed by atoms with Gasteiger partial charge in [0.25, 0.3) is 0 Å². The maximum Gasteiger partial charge on any atom is 0.119 e. The Balaban J connectivity index is 2.56. The molecule has 2 unspecified atom stereocenters. The first-order valence-electron chi connectivity index (χ1n) is 6.70. The van der Waals surface area contributed by atoms with Crippen molar-refractivity contribution in [2.45, 2.75) is 52.7 Å². The van der Waals surface area contributed by atoms with Crippen molar-refractivity contribution in [3.05, 3.63) is 29.8 Å². The van der Waals surface area contributed by atoms with Gasteiger partial charge in [-0.2, -0.15) is 0 Å². The molecule has 2 atom stereocenters. The lowest BCUT2D eigenvalue weighted by Gasteiger charge is -2.24. The van der Waals surface area contributed by atoms with E-state index in [1.807, 2.05) is 0 Å². The topological polar surface area (TPSA) is 21.3 Å². The van der Waals surface area contributed by atoms with Crippen molar-refractivity contribution < 1.29 is 4.74 Å². The zero-order valence-electron chi connectivity index (χ0n) is 11.5. The third-order valence-corrected chi connectivity index (χ3v) is 3.13. The fourth-order valence-corrected chi connectivity index (χ4v) is 2.00. The van der Waals surface area contributed by atoms with Gasteiger partial charge in [0.05, 0.1) is 0 Å². The van der Waals surface area contributed by atoms with Gasteiger partial charge in [-0.15, -0.1) is 0 Å². The first-order valence-corrected chi connectivity index (χ1v) is 6.70. The third kappa shape index (κ3) is 4.39. The molecule has 2 nitrogen and oxygen atoms in total. The van der Waals surface area contributed by atoms with Crippen molar-refractivity contribution in [2.24, 2.45) is 0 Å². The quantitative estimate of drug-likeness (QED) is 0.782. The summed E-state index contributed by atoms with van der Waals surface area (Å²) in [5.74, 6) is 0.964. The summed E-state index contributed by atoms with van der Waals surface area (Å²) in [6.45, 7) is 9.60. The van der Waals surface area contributed by atoms with Crippen molar-refractivity contribution in [3.63, 3.8) is 0 Å². The summed E-state index contributed by atoms with van der Waals surface area (Å²) in [5, 5.41) is 3.45. The van der Waals surface area contributed by atoms with Crippen LogP contribution in [0.3, 0.4) is 0 Å². The van der Waals surface area contributed by atoms with Crippen LogP contribution in [0.4, 0.5) is 0 Å². The number of rotatable bonds is 7. The number of nitrogens with one attached hydrogen (secondary N) is 1. The number of ether oxygens (including phenoxy) is 1. The van der Waals surface area contributed by atoms with Gasteiger partial charge in [0.2, 0.25) is 0 Å². The van der Waals surface area contributed by atoms with E-state index in [0.29, 0.717) is 6.04 Å². The van der Waals surface area contributed by atoms with Crippen LogP contribution >= 0.6 is 0 Å². The van der Waals surface area contributed by atoms with Gasteiger partial charge in [-0.25, -0.2) is 0 Å². The van der Waals surface area contributed by atoms with E-state index < -0.39 is 0 Å². The zero-order chi connectivity index (χ0) is 12.7. The normalized spacial score (nSPS) is 14.4. The van der Waals surface area contributed by atoms with E-state index in [-0.39, 0.29) is 6.10 Å². The van der Waals surface area contributed by atoms with Gasteiger partial charge in [-0.1, -0.05) is 32.9 Å². The van der Waals surface area contributed by atoms with Gasteiger partial charge in [0.1, 0.15) is 11.9 Å². The minimum absolute atomic E-state index is 0.201. The van der Waals surface area contributed by atoms with Crippen LogP contribution in [0.5, 0.6) is 5.75 Å². The van der Waals surface area contributed by atoms with Crippen LogP contribution in [-0.4, -0.2) is 18.7 Å². The van der Waals surface area contributed by atoms with E-state index in [1.165, 1.54) is 5.56 Å². The highest BCUT2D eigenvalue weighted by Crippen LogP contribution is 2.16. The van der Waals surface area contributed by atoms with E-state index in [2.05, 4.69) is 57.3 Å². The number of aryl methyl sites for hydroxylation is 1. The first-order chi connectivity index (χ1) is 8.21. The standard InChI is InChI=1S/C15H25NO/c1-5-13-8-10-14(11-9-13)17-12(4)15(6-2)16-7-3/h8-12,15-16H,5-7H2,1-4H3. The largest absolute Gasteiger partial charge is 0.489 e. The maximum atomic E-state index is 5.96. The summed E-state index contributed by atoms with van der Waals surface area (Å²) in [4.78, 5) is 0. The molecule has 1 N–H and O–H groups in total. The Morgan fingerprint density at radius 1 is 1.12 bits per heavy atom. The monoisotopic (exact) mass is 235 g/mol. The number of hydrogen-bond acceptors (Lipinski definition) is 2. The summed E-state index contributed by atoms with van der Waals surface area (Å²) in [5.41, 5.74) is 1.35. The molecule has 0 aromatic heterocycles. The minimum Gasteiger partial charge on any atom is -0.489 e. The van der Waals surface area contributed by atoms with Crippen molar-refractivity contribution in [1.29, 1.82) is 0 Å². The molecule has 2 heteroatoms. The Labute approximate surface area is 105 Å². The Bertz CT molecular complexity index is 307. The lowest BCUT2D eigenvalue weighted by atomic mass is 10.1. The number of benzene rings is 1. The fourth-order valence-electron chi connectivity index (χ4n) is 2.00. The van der Waals surface area contributed by atoms with E-state index in [9.17, 15) is 0 Å². The zero-order valence-corrected chi connectivity index (χ0v) is 11.5. The second kappa shape index (κ2) is 7.33. The molecule has 17 heavy (non-hydrogen) atoms. The third-order valence-electron chi connectivity index (χ3n) is 3.13. The van der Waals surface area contributed by atoms with Crippen molar-refractivity contribution >= 4 is 0 Å². The Morgan fingerprint density at radius 3 is 2.24 bits per heavy atom. The van der Waals surface area contributed by atoms with Crippen molar-refractivity contribution in [2.75, 3.05) is 6.54 Å².